The zero-order valence-electron chi connectivity index (χ0n) is 23.0. The number of benzene rings is 2. The van der Waals surface area contributed by atoms with E-state index in [0.717, 1.165) is 40.7 Å². The van der Waals surface area contributed by atoms with Crippen molar-refractivity contribution in [2.45, 2.75) is 39.7 Å². The van der Waals surface area contributed by atoms with Gasteiger partial charge in [0.2, 0.25) is 11.8 Å². The van der Waals surface area contributed by atoms with Crippen molar-refractivity contribution in [1.29, 1.82) is 0 Å². The number of hydrogen-bond acceptors (Lipinski definition) is 5. The summed E-state index contributed by atoms with van der Waals surface area (Å²) in [5, 5.41) is 9.92. The van der Waals surface area contributed by atoms with Gasteiger partial charge in [-0.2, -0.15) is 0 Å². The molecule has 0 unspecified atom stereocenters. The summed E-state index contributed by atoms with van der Waals surface area (Å²) in [7, 11) is 1.61. The predicted molar refractivity (Wildman–Crippen MR) is 139 cm³/mol. The molecule has 7 nitrogen and oxygen atoms in total. The maximum atomic E-state index is 13.1. The second-order valence-corrected chi connectivity index (χ2v) is 8.84. The zero-order chi connectivity index (χ0) is 25.7. The number of carboxylic acids is 1. The quantitative estimate of drug-likeness (QED) is 0.397. The Balaban J connectivity index is 0.00000253. The van der Waals surface area contributed by atoms with Crippen LogP contribution in [0.15, 0.2) is 54.7 Å². The van der Waals surface area contributed by atoms with Gasteiger partial charge >= 0.3 is 35.5 Å². The van der Waals surface area contributed by atoms with Gasteiger partial charge in [0.15, 0.2) is 0 Å². The number of hydrogen-bond donors (Lipinski definition) is 1. The Hall–Kier alpha value is -2.87. The fourth-order valence-electron chi connectivity index (χ4n) is 4.52. The Morgan fingerprint density at radius 1 is 1.08 bits per heavy atom. The molecule has 1 saturated carbocycles. The zero-order valence-corrected chi connectivity index (χ0v) is 24.0. The number of carbonyl (C=O) groups is 2. The molecule has 37 heavy (non-hydrogen) atoms. The minimum absolute atomic E-state index is 0. The van der Waals surface area contributed by atoms with Gasteiger partial charge in [0.1, 0.15) is 5.75 Å². The SMILES string of the molecule is CCOc1ccc(-c2cc(OC)c(-c3ccccc3)c(CN(CC)C(=O)C3CC3)c2CC(=O)O)cn1.[H-].[Na+]. The van der Waals surface area contributed by atoms with E-state index in [9.17, 15) is 14.7 Å². The molecule has 0 spiro atoms. The second-order valence-electron chi connectivity index (χ2n) is 8.84. The smallest absolute Gasteiger partial charge is 1.00 e. The molecule has 1 N–H and O–H groups in total. The number of methoxy groups -OCH3 is 1. The van der Waals surface area contributed by atoms with E-state index in [0.29, 0.717) is 36.9 Å². The number of ether oxygens (including phenoxy) is 2. The van der Waals surface area contributed by atoms with Gasteiger partial charge in [0, 0.05) is 42.4 Å². The van der Waals surface area contributed by atoms with Crippen molar-refractivity contribution in [3.05, 3.63) is 65.9 Å². The summed E-state index contributed by atoms with van der Waals surface area (Å²) in [4.78, 5) is 31.4. The summed E-state index contributed by atoms with van der Waals surface area (Å²) >= 11 is 0. The molecule has 1 aliphatic carbocycles. The van der Waals surface area contributed by atoms with Crippen LogP contribution in [0.2, 0.25) is 0 Å². The third-order valence-corrected chi connectivity index (χ3v) is 6.43. The molecule has 1 aliphatic rings. The van der Waals surface area contributed by atoms with Crippen LogP contribution in [-0.4, -0.2) is 47.1 Å². The first-order chi connectivity index (χ1) is 17.5. The average molecular weight is 513 g/mol. The van der Waals surface area contributed by atoms with E-state index in [4.69, 9.17) is 9.47 Å². The van der Waals surface area contributed by atoms with Crippen molar-refractivity contribution in [3.8, 4) is 33.9 Å². The number of amides is 1. The fraction of sp³-hybridized carbons (Fsp3) is 0.345. The molecule has 1 fully saturated rings. The first-order valence-electron chi connectivity index (χ1n) is 12.3. The maximum Gasteiger partial charge on any atom is 1.00 e. The molecular weight excluding hydrogens is 479 g/mol. The normalized spacial score (nSPS) is 12.4. The van der Waals surface area contributed by atoms with Gasteiger partial charge in [-0.05, 0) is 61.1 Å². The average Bonchev–Trinajstić information content (AvgIpc) is 3.74. The standard InChI is InChI=1S/C29H32N2O5.Na.H/c1-4-31(29(34)20-11-12-20)18-24-23(16-27(32)33)22(21-13-14-26(30-17-21)36-5-2)15-25(35-3)28(24)19-9-7-6-8-10-19;;/h6-10,13-15,17,20H,4-5,11-12,16,18H2,1-3H3,(H,32,33);;/q;+1;-1. The first kappa shape index (κ1) is 28.7. The minimum Gasteiger partial charge on any atom is -1.00 e. The van der Waals surface area contributed by atoms with Crippen LogP contribution in [0, 0.1) is 5.92 Å². The number of carbonyl (C=O) groups excluding carboxylic acids is 1. The van der Waals surface area contributed by atoms with E-state index in [2.05, 4.69) is 4.98 Å². The van der Waals surface area contributed by atoms with Crippen LogP contribution in [0.5, 0.6) is 11.6 Å². The molecule has 0 aliphatic heterocycles. The third-order valence-electron chi connectivity index (χ3n) is 6.43. The van der Waals surface area contributed by atoms with Gasteiger partial charge in [-0.25, -0.2) is 4.98 Å². The van der Waals surface area contributed by atoms with Crippen molar-refractivity contribution >= 4 is 11.9 Å². The van der Waals surface area contributed by atoms with E-state index in [1.54, 1.807) is 19.4 Å². The molecule has 2 aromatic carbocycles. The van der Waals surface area contributed by atoms with E-state index >= 15 is 0 Å². The van der Waals surface area contributed by atoms with E-state index in [1.165, 1.54) is 0 Å². The van der Waals surface area contributed by atoms with Crippen molar-refractivity contribution in [1.82, 2.24) is 9.88 Å². The van der Waals surface area contributed by atoms with Crippen LogP contribution < -0.4 is 39.0 Å². The summed E-state index contributed by atoms with van der Waals surface area (Å²) in [6.07, 6.45) is 3.30. The van der Waals surface area contributed by atoms with Crippen LogP contribution in [0.1, 0.15) is 39.2 Å². The van der Waals surface area contributed by atoms with Crippen LogP contribution in [0.4, 0.5) is 0 Å². The van der Waals surface area contributed by atoms with Gasteiger partial charge in [-0.1, -0.05) is 30.3 Å². The summed E-state index contributed by atoms with van der Waals surface area (Å²) in [6, 6.07) is 15.3. The van der Waals surface area contributed by atoms with Crippen LogP contribution in [-0.2, 0) is 22.6 Å². The summed E-state index contributed by atoms with van der Waals surface area (Å²) in [5.74, 6) is 0.348. The molecule has 1 amide bonds. The molecular formula is C29H33N2NaO5. The Labute approximate surface area is 241 Å². The van der Waals surface area contributed by atoms with Crippen molar-refractivity contribution in [2.75, 3.05) is 20.3 Å². The van der Waals surface area contributed by atoms with Crippen molar-refractivity contribution in [3.63, 3.8) is 0 Å². The molecule has 8 heteroatoms. The summed E-state index contributed by atoms with van der Waals surface area (Å²) < 4.78 is 11.3. The van der Waals surface area contributed by atoms with Crippen molar-refractivity contribution in [2.24, 2.45) is 5.92 Å². The van der Waals surface area contributed by atoms with E-state index < -0.39 is 5.97 Å². The summed E-state index contributed by atoms with van der Waals surface area (Å²) in [5.41, 5.74) is 4.61. The molecule has 0 saturated heterocycles. The van der Waals surface area contributed by atoms with E-state index in [1.807, 2.05) is 61.2 Å². The van der Waals surface area contributed by atoms with Crippen LogP contribution in [0.25, 0.3) is 22.3 Å². The number of nitrogens with zero attached hydrogens (tertiary/aromatic N) is 2. The Morgan fingerprint density at radius 3 is 2.35 bits per heavy atom. The largest absolute Gasteiger partial charge is 1.00 e. The summed E-state index contributed by atoms with van der Waals surface area (Å²) in [6.45, 7) is 5.18. The number of aromatic nitrogens is 1. The number of aliphatic carboxylic acids is 1. The molecule has 4 rings (SSSR count). The van der Waals surface area contributed by atoms with Crippen LogP contribution in [0.3, 0.4) is 0 Å². The first-order valence-corrected chi connectivity index (χ1v) is 12.3. The van der Waals surface area contributed by atoms with Gasteiger partial charge < -0.3 is 20.9 Å². The molecule has 0 bridgehead atoms. The molecule has 3 aromatic rings. The Bertz CT molecular complexity index is 1230. The Kier molecular flexibility index (Phi) is 10.1. The predicted octanol–water partition coefficient (Wildman–Crippen LogP) is 2.33. The Morgan fingerprint density at radius 2 is 1.81 bits per heavy atom. The van der Waals surface area contributed by atoms with Crippen molar-refractivity contribution < 1.29 is 55.2 Å². The van der Waals surface area contributed by atoms with Gasteiger partial charge in [0.25, 0.3) is 0 Å². The van der Waals surface area contributed by atoms with Gasteiger partial charge in [-0.3, -0.25) is 9.59 Å². The maximum absolute atomic E-state index is 13.1. The monoisotopic (exact) mass is 512 g/mol. The fourth-order valence-corrected chi connectivity index (χ4v) is 4.52. The number of pyridine rings is 1. The number of carboxylic acid groups (broad SMARTS) is 1. The number of rotatable bonds is 11. The molecule has 1 heterocycles. The molecule has 0 atom stereocenters. The topological polar surface area (TPSA) is 89.0 Å². The molecule has 1 aromatic heterocycles. The molecule has 0 radical (unpaired) electrons. The second kappa shape index (κ2) is 13.1. The van der Waals surface area contributed by atoms with Crippen LogP contribution >= 0.6 is 0 Å². The van der Waals surface area contributed by atoms with Gasteiger partial charge in [-0.15, -0.1) is 0 Å². The van der Waals surface area contributed by atoms with Gasteiger partial charge in [0.05, 0.1) is 20.1 Å². The molecule has 190 valence electrons. The van der Waals surface area contributed by atoms with E-state index in [-0.39, 0.29) is 49.2 Å². The third kappa shape index (κ3) is 6.72. The minimum atomic E-state index is -0.947.